The standard InChI is InChI=1S/C18H23N3O4S/c1-14-4-5-15(26(23,24)21-8-10-25-11-9-21)12-16(14)20-17(22)18(13-19)6-2-3-7-18/h4-5,12H,2-3,6-11H2,1H3,(H,20,22). The van der Waals surface area contributed by atoms with E-state index in [1.807, 2.05) is 0 Å². The Morgan fingerprint density at radius 2 is 1.92 bits per heavy atom. The van der Waals surface area contributed by atoms with Crippen molar-refractivity contribution in [2.75, 3.05) is 31.6 Å². The van der Waals surface area contributed by atoms with Gasteiger partial charge in [-0.25, -0.2) is 8.42 Å². The summed E-state index contributed by atoms with van der Waals surface area (Å²) in [6, 6.07) is 6.87. The van der Waals surface area contributed by atoms with Crippen molar-refractivity contribution in [3.63, 3.8) is 0 Å². The molecule has 0 radical (unpaired) electrons. The molecule has 3 rings (SSSR count). The fourth-order valence-corrected chi connectivity index (χ4v) is 4.88. The first-order valence-electron chi connectivity index (χ1n) is 8.80. The molecule has 2 aliphatic rings. The Morgan fingerprint density at radius 3 is 2.54 bits per heavy atom. The average molecular weight is 377 g/mol. The molecule has 0 bridgehead atoms. The summed E-state index contributed by atoms with van der Waals surface area (Å²) in [7, 11) is -3.64. The largest absolute Gasteiger partial charge is 0.379 e. The van der Waals surface area contributed by atoms with Gasteiger partial charge in [-0.2, -0.15) is 9.57 Å². The van der Waals surface area contributed by atoms with Gasteiger partial charge in [-0.05, 0) is 37.5 Å². The molecule has 1 saturated carbocycles. The summed E-state index contributed by atoms with van der Waals surface area (Å²) in [6.07, 6.45) is 2.79. The zero-order chi connectivity index (χ0) is 18.8. The van der Waals surface area contributed by atoms with Gasteiger partial charge in [0.05, 0.1) is 24.2 Å². The van der Waals surface area contributed by atoms with E-state index in [4.69, 9.17) is 4.74 Å². The van der Waals surface area contributed by atoms with Crippen LogP contribution in [0.4, 0.5) is 5.69 Å². The average Bonchev–Trinajstić information content (AvgIpc) is 3.14. The molecular weight excluding hydrogens is 354 g/mol. The predicted molar refractivity (Wildman–Crippen MR) is 95.9 cm³/mol. The molecule has 1 aliphatic heterocycles. The lowest BCUT2D eigenvalue weighted by atomic mass is 9.87. The molecule has 0 unspecified atom stereocenters. The van der Waals surface area contributed by atoms with Crippen molar-refractivity contribution < 1.29 is 17.9 Å². The van der Waals surface area contributed by atoms with Crippen LogP contribution in [0, 0.1) is 23.7 Å². The summed E-state index contributed by atoms with van der Waals surface area (Å²) in [5.74, 6) is -0.346. The van der Waals surface area contributed by atoms with Gasteiger partial charge in [0.15, 0.2) is 0 Å². The first-order chi connectivity index (χ1) is 12.4. The van der Waals surface area contributed by atoms with Gasteiger partial charge >= 0.3 is 0 Å². The highest BCUT2D eigenvalue weighted by Gasteiger charge is 2.41. The van der Waals surface area contributed by atoms with Crippen LogP contribution in [0.2, 0.25) is 0 Å². The Hall–Kier alpha value is -1.95. The maximum absolute atomic E-state index is 12.8. The van der Waals surface area contributed by atoms with Crippen LogP contribution in [-0.4, -0.2) is 44.9 Å². The quantitative estimate of drug-likeness (QED) is 0.865. The van der Waals surface area contributed by atoms with Crippen molar-refractivity contribution in [2.45, 2.75) is 37.5 Å². The highest BCUT2D eigenvalue weighted by molar-refractivity contribution is 7.89. The summed E-state index contributed by atoms with van der Waals surface area (Å²) < 4.78 is 32.2. The summed E-state index contributed by atoms with van der Waals surface area (Å²) in [5.41, 5.74) is 0.183. The van der Waals surface area contributed by atoms with Crippen molar-refractivity contribution in [1.82, 2.24) is 4.31 Å². The zero-order valence-electron chi connectivity index (χ0n) is 14.8. The topological polar surface area (TPSA) is 99.5 Å². The molecule has 1 saturated heterocycles. The molecule has 7 nitrogen and oxygen atoms in total. The van der Waals surface area contributed by atoms with Crippen LogP contribution in [0.25, 0.3) is 0 Å². The number of hydrogen-bond acceptors (Lipinski definition) is 5. The second-order valence-corrected chi connectivity index (χ2v) is 8.79. The number of benzene rings is 1. The Morgan fingerprint density at radius 1 is 1.27 bits per heavy atom. The Balaban J connectivity index is 1.86. The van der Waals surface area contributed by atoms with Crippen molar-refractivity contribution in [3.8, 4) is 6.07 Å². The van der Waals surface area contributed by atoms with E-state index in [-0.39, 0.29) is 10.8 Å². The molecule has 8 heteroatoms. The number of nitrogens with one attached hydrogen (secondary N) is 1. The van der Waals surface area contributed by atoms with E-state index in [1.54, 1.807) is 19.1 Å². The summed E-state index contributed by atoms with van der Waals surface area (Å²) in [5, 5.41) is 12.3. The van der Waals surface area contributed by atoms with Gasteiger partial charge in [0.1, 0.15) is 5.41 Å². The molecule has 0 atom stereocenters. The first-order valence-corrected chi connectivity index (χ1v) is 10.2. The number of ether oxygens (including phenoxy) is 1. The normalized spacial score (nSPS) is 20.5. The molecule has 140 valence electrons. The molecule has 1 amide bonds. The highest BCUT2D eigenvalue weighted by atomic mass is 32.2. The van der Waals surface area contributed by atoms with Crippen molar-refractivity contribution in [2.24, 2.45) is 5.41 Å². The van der Waals surface area contributed by atoms with Gasteiger partial charge < -0.3 is 10.1 Å². The Labute approximate surface area is 154 Å². The van der Waals surface area contributed by atoms with Crippen LogP contribution in [-0.2, 0) is 19.6 Å². The number of hydrogen-bond donors (Lipinski definition) is 1. The minimum atomic E-state index is -3.64. The van der Waals surface area contributed by atoms with Crippen LogP contribution in [0.1, 0.15) is 31.2 Å². The fourth-order valence-electron chi connectivity index (χ4n) is 3.44. The number of carbonyl (C=O) groups excluding carboxylic acids is 1. The number of morpholine rings is 1. The first kappa shape index (κ1) is 18.8. The maximum Gasteiger partial charge on any atom is 0.244 e. The number of carbonyl (C=O) groups is 1. The molecule has 1 N–H and O–H groups in total. The summed E-state index contributed by atoms with van der Waals surface area (Å²) >= 11 is 0. The van der Waals surface area contributed by atoms with E-state index in [2.05, 4.69) is 11.4 Å². The Bertz CT molecular complexity index is 832. The molecule has 1 aliphatic carbocycles. The Kier molecular flexibility index (Phi) is 5.32. The number of aryl methyl sites for hydroxylation is 1. The molecule has 2 fully saturated rings. The van der Waals surface area contributed by atoms with E-state index in [0.29, 0.717) is 44.8 Å². The molecule has 0 spiro atoms. The third-order valence-corrected chi connectivity index (χ3v) is 7.07. The van der Waals surface area contributed by atoms with Crippen LogP contribution in [0.5, 0.6) is 0 Å². The SMILES string of the molecule is Cc1ccc(S(=O)(=O)N2CCOCC2)cc1NC(=O)C1(C#N)CCCC1. The summed E-state index contributed by atoms with van der Waals surface area (Å²) in [6.45, 7) is 3.18. The van der Waals surface area contributed by atoms with Crippen molar-refractivity contribution in [3.05, 3.63) is 23.8 Å². The number of nitrogens with zero attached hydrogens (tertiary/aromatic N) is 2. The number of sulfonamides is 1. The number of amides is 1. The molecular formula is C18H23N3O4S. The second kappa shape index (κ2) is 7.35. The minimum Gasteiger partial charge on any atom is -0.379 e. The van der Waals surface area contributed by atoms with E-state index in [0.717, 1.165) is 18.4 Å². The minimum absolute atomic E-state index is 0.137. The lowest BCUT2D eigenvalue weighted by molar-refractivity contribution is -0.122. The molecule has 0 aromatic heterocycles. The number of rotatable bonds is 4. The number of nitriles is 1. The van der Waals surface area contributed by atoms with Crippen LogP contribution < -0.4 is 5.32 Å². The van der Waals surface area contributed by atoms with Crippen LogP contribution in [0.3, 0.4) is 0 Å². The van der Waals surface area contributed by atoms with Crippen LogP contribution in [0.15, 0.2) is 23.1 Å². The molecule has 1 aromatic rings. The van der Waals surface area contributed by atoms with Gasteiger partial charge in [-0.1, -0.05) is 18.9 Å². The fraction of sp³-hybridized carbons (Fsp3) is 0.556. The lowest BCUT2D eigenvalue weighted by Crippen LogP contribution is -2.40. The van der Waals surface area contributed by atoms with Crippen LogP contribution >= 0.6 is 0 Å². The lowest BCUT2D eigenvalue weighted by Gasteiger charge is -2.26. The maximum atomic E-state index is 12.8. The molecule has 1 heterocycles. The van der Waals surface area contributed by atoms with Gasteiger partial charge in [0.25, 0.3) is 0 Å². The van der Waals surface area contributed by atoms with E-state index in [9.17, 15) is 18.5 Å². The van der Waals surface area contributed by atoms with Gasteiger partial charge in [-0.3, -0.25) is 4.79 Å². The third-order valence-electron chi connectivity index (χ3n) is 5.17. The zero-order valence-corrected chi connectivity index (χ0v) is 15.6. The van der Waals surface area contributed by atoms with Crippen molar-refractivity contribution >= 4 is 21.6 Å². The highest BCUT2D eigenvalue weighted by Crippen LogP contribution is 2.38. The summed E-state index contributed by atoms with van der Waals surface area (Å²) in [4.78, 5) is 12.8. The third kappa shape index (κ3) is 3.47. The second-order valence-electron chi connectivity index (χ2n) is 6.85. The smallest absolute Gasteiger partial charge is 0.244 e. The predicted octanol–water partition coefficient (Wildman–Crippen LogP) is 2.04. The van der Waals surface area contributed by atoms with E-state index in [1.165, 1.54) is 10.4 Å². The molecule has 26 heavy (non-hydrogen) atoms. The van der Waals surface area contributed by atoms with Gasteiger partial charge in [0.2, 0.25) is 15.9 Å². The van der Waals surface area contributed by atoms with E-state index < -0.39 is 15.4 Å². The number of anilines is 1. The monoisotopic (exact) mass is 377 g/mol. The molecule has 1 aromatic carbocycles. The van der Waals surface area contributed by atoms with Crippen molar-refractivity contribution in [1.29, 1.82) is 5.26 Å². The van der Waals surface area contributed by atoms with Gasteiger partial charge in [0, 0.05) is 18.8 Å². The van der Waals surface area contributed by atoms with E-state index >= 15 is 0 Å². The van der Waals surface area contributed by atoms with Gasteiger partial charge in [-0.15, -0.1) is 0 Å².